The topological polar surface area (TPSA) is 48.9 Å². The Labute approximate surface area is 171 Å². The van der Waals surface area contributed by atoms with Crippen molar-refractivity contribution < 1.29 is 4.74 Å². The van der Waals surface area contributed by atoms with Crippen LogP contribution in [0, 0.1) is 5.92 Å². The summed E-state index contributed by atoms with van der Waals surface area (Å²) in [6.45, 7) is 18.6. The van der Waals surface area contributed by atoms with Crippen LogP contribution in [0.25, 0.3) is 0 Å². The highest BCUT2D eigenvalue weighted by atomic mass is 127. The Kier molecular flexibility index (Phi) is 12.4. The Bertz CT molecular complexity index is 410. The third-order valence-corrected chi connectivity index (χ3v) is 4.60. The van der Waals surface area contributed by atoms with Crippen LogP contribution < -0.4 is 10.6 Å². The fourth-order valence-corrected chi connectivity index (χ4v) is 3.13. The van der Waals surface area contributed by atoms with Gasteiger partial charge in [-0.1, -0.05) is 26.0 Å². The molecule has 0 aromatic heterocycles. The van der Waals surface area contributed by atoms with Crippen LogP contribution in [0.1, 0.15) is 33.6 Å². The van der Waals surface area contributed by atoms with E-state index in [1.165, 1.54) is 0 Å². The smallest absolute Gasteiger partial charge is 0.191 e. The molecule has 146 valence electrons. The molecule has 5 nitrogen and oxygen atoms in total. The van der Waals surface area contributed by atoms with Crippen molar-refractivity contribution in [1.82, 2.24) is 15.5 Å². The molecule has 0 aromatic carbocycles. The van der Waals surface area contributed by atoms with Gasteiger partial charge in [0.25, 0.3) is 0 Å². The monoisotopic (exact) mass is 464 g/mol. The molecule has 0 amide bonds. The highest BCUT2D eigenvalue weighted by Crippen LogP contribution is 2.23. The van der Waals surface area contributed by atoms with Crippen molar-refractivity contribution in [1.29, 1.82) is 0 Å². The molecule has 2 unspecified atom stereocenters. The number of nitrogens with one attached hydrogen (secondary N) is 2. The number of aliphatic imine (C=N–C) groups is 1. The van der Waals surface area contributed by atoms with Gasteiger partial charge in [0.1, 0.15) is 0 Å². The zero-order chi connectivity index (χ0) is 18.0. The van der Waals surface area contributed by atoms with Crippen molar-refractivity contribution in [2.75, 3.05) is 39.8 Å². The van der Waals surface area contributed by atoms with Gasteiger partial charge in [0, 0.05) is 45.9 Å². The maximum absolute atomic E-state index is 5.83. The summed E-state index contributed by atoms with van der Waals surface area (Å²) < 4.78 is 5.83. The van der Waals surface area contributed by atoms with E-state index in [4.69, 9.17) is 4.74 Å². The van der Waals surface area contributed by atoms with Gasteiger partial charge in [-0.25, -0.2) is 0 Å². The predicted molar refractivity (Wildman–Crippen MR) is 119 cm³/mol. The third kappa shape index (κ3) is 8.55. The Hall–Kier alpha value is -0.600. The lowest BCUT2D eigenvalue weighted by atomic mass is 10.0. The first-order chi connectivity index (χ1) is 11.5. The summed E-state index contributed by atoms with van der Waals surface area (Å²) in [4.78, 5) is 6.72. The first-order valence-electron chi connectivity index (χ1n) is 9.00. The van der Waals surface area contributed by atoms with E-state index in [1.807, 2.05) is 19.2 Å². The minimum Gasteiger partial charge on any atom is -0.373 e. The molecule has 1 rings (SSSR count). The fourth-order valence-electron chi connectivity index (χ4n) is 3.13. The molecule has 0 bridgehead atoms. The molecule has 1 aliphatic rings. The van der Waals surface area contributed by atoms with E-state index >= 15 is 0 Å². The summed E-state index contributed by atoms with van der Waals surface area (Å²) in [5.74, 6) is 1.35. The molecule has 6 heteroatoms. The van der Waals surface area contributed by atoms with Crippen molar-refractivity contribution in [3.63, 3.8) is 0 Å². The molecule has 0 saturated carbocycles. The molecule has 1 heterocycles. The lowest BCUT2D eigenvalue weighted by Crippen LogP contribution is -2.51. The maximum Gasteiger partial charge on any atom is 0.191 e. The van der Waals surface area contributed by atoms with Crippen molar-refractivity contribution in [3.8, 4) is 0 Å². The average molecular weight is 464 g/mol. The third-order valence-electron chi connectivity index (χ3n) is 4.60. The molecule has 25 heavy (non-hydrogen) atoms. The van der Waals surface area contributed by atoms with Crippen LogP contribution in [0.15, 0.2) is 30.3 Å². The van der Waals surface area contributed by atoms with Crippen LogP contribution in [0.3, 0.4) is 0 Å². The van der Waals surface area contributed by atoms with Crippen LogP contribution in [-0.2, 0) is 4.74 Å². The van der Waals surface area contributed by atoms with Crippen LogP contribution in [-0.4, -0.2) is 62.3 Å². The molecule has 1 saturated heterocycles. The lowest BCUT2D eigenvalue weighted by Gasteiger charge is -2.33. The van der Waals surface area contributed by atoms with Gasteiger partial charge in [-0.2, -0.15) is 0 Å². The van der Waals surface area contributed by atoms with E-state index in [2.05, 4.69) is 54.5 Å². The Balaban J connectivity index is 0.00000576. The molecule has 2 atom stereocenters. The summed E-state index contributed by atoms with van der Waals surface area (Å²) in [5, 5.41) is 6.87. The Morgan fingerprint density at radius 1 is 1.28 bits per heavy atom. The van der Waals surface area contributed by atoms with Crippen LogP contribution >= 0.6 is 24.0 Å². The van der Waals surface area contributed by atoms with E-state index in [9.17, 15) is 0 Å². The van der Waals surface area contributed by atoms with Crippen molar-refractivity contribution in [2.24, 2.45) is 10.9 Å². The van der Waals surface area contributed by atoms with Crippen molar-refractivity contribution in [2.45, 2.75) is 45.3 Å². The van der Waals surface area contributed by atoms with Crippen molar-refractivity contribution in [3.05, 3.63) is 25.3 Å². The number of hydrogen-bond acceptors (Lipinski definition) is 3. The molecular weight excluding hydrogens is 427 g/mol. The van der Waals surface area contributed by atoms with E-state index in [1.54, 1.807) is 0 Å². The lowest BCUT2D eigenvalue weighted by molar-refractivity contribution is 0.0242. The molecule has 0 aromatic rings. The van der Waals surface area contributed by atoms with E-state index in [0.29, 0.717) is 12.0 Å². The quantitative estimate of drug-likeness (QED) is 0.226. The van der Waals surface area contributed by atoms with E-state index < -0.39 is 0 Å². The molecule has 0 aliphatic carbocycles. The maximum atomic E-state index is 5.83. The molecule has 1 aliphatic heterocycles. The first-order valence-corrected chi connectivity index (χ1v) is 9.00. The second-order valence-corrected chi connectivity index (χ2v) is 7.05. The highest BCUT2D eigenvalue weighted by molar-refractivity contribution is 14.0. The normalized spacial score (nSPS) is 21.8. The first kappa shape index (κ1) is 24.4. The molecule has 0 spiro atoms. The standard InChI is InChI=1S/C19H36N4O.HI/c1-7-11-23(12-8-2)17(16(3)4)14-21-18(20-6)22-15-19(5)10-9-13-24-19;/h7-8,16-17H,1-2,9-15H2,3-6H3,(H2,20,21,22);1H. The predicted octanol–water partition coefficient (Wildman–Crippen LogP) is 3.04. The second kappa shape index (κ2) is 12.7. The van der Waals surface area contributed by atoms with Gasteiger partial charge < -0.3 is 15.4 Å². The summed E-state index contributed by atoms with van der Waals surface area (Å²) in [6.07, 6.45) is 6.13. The van der Waals surface area contributed by atoms with Crippen LogP contribution in [0.2, 0.25) is 0 Å². The van der Waals surface area contributed by atoms with Gasteiger partial charge in [0.2, 0.25) is 0 Å². The second-order valence-electron chi connectivity index (χ2n) is 7.05. The minimum atomic E-state index is -0.0766. The van der Waals surface area contributed by atoms with E-state index in [0.717, 1.165) is 51.6 Å². The Morgan fingerprint density at radius 3 is 2.36 bits per heavy atom. The summed E-state index contributed by atoms with van der Waals surface area (Å²) in [7, 11) is 1.81. The molecular formula is C19H37IN4O. The summed E-state index contributed by atoms with van der Waals surface area (Å²) in [5.41, 5.74) is -0.0766. The summed E-state index contributed by atoms with van der Waals surface area (Å²) >= 11 is 0. The molecule has 2 N–H and O–H groups in total. The average Bonchev–Trinajstić information content (AvgIpc) is 2.97. The minimum absolute atomic E-state index is 0. The van der Waals surface area contributed by atoms with Crippen LogP contribution in [0.5, 0.6) is 0 Å². The largest absolute Gasteiger partial charge is 0.373 e. The number of halogens is 1. The van der Waals surface area contributed by atoms with Gasteiger partial charge in [-0.05, 0) is 25.7 Å². The van der Waals surface area contributed by atoms with Gasteiger partial charge in [0.15, 0.2) is 5.96 Å². The highest BCUT2D eigenvalue weighted by Gasteiger charge is 2.29. The number of nitrogens with zero attached hydrogens (tertiary/aromatic N) is 2. The molecule has 0 radical (unpaired) electrons. The number of ether oxygens (including phenoxy) is 1. The number of guanidine groups is 1. The van der Waals surface area contributed by atoms with E-state index in [-0.39, 0.29) is 29.6 Å². The van der Waals surface area contributed by atoms with Gasteiger partial charge in [0.05, 0.1) is 5.60 Å². The SMILES string of the molecule is C=CCN(CC=C)C(CNC(=NC)NCC1(C)CCCO1)C(C)C.I. The van der Waals surface area contributed by atoms with Gasteiger partial charge in [-0.3, -0.25) is 9.89 Å². The zero-order valence-electron chi connectivity index (χ0n) is 16.4. The number of hydrogen-bond donors (Lipinski definition) is 2. The fraction of sp³-hybridized carbons (Fsp3) is 0.737. The van der Waals surface area contributed by atoms with Crippen LogP contribution in [0.4, 0.5) is 0 Å². The number of rotatable bonds is 10. The van der Waals surface area contributed by atoms with Crippen molar-refractivity contribution >= 4 is 29.9 Å². The summed E-state index contributed by atoms with van der Waals surface area (Å²) in [6, 6.07) is 0.387. The molecule has 1 fully saturated rings. The Morgan fingerprint density at radius 2 is 1.92 bits per heavy atom. The van der Waals surface area contributed by atoms with Gasteiger partial charge >= 0.3 is 0 Å². The zero-order valence-corrected chi connectivity index (χ0v) is 18.7. The van der Waals surface area contributed by atoms with Gasteiger partial charge in [-0.15, -0.1) is 37.1 Å².